The molecular weight excluding hydrogens is 206 g/mol. The van der Waals surface area contributed by atoms with Gasteiger partial charge in [0, 0.05) is 5.56 Å². The van der Waals surface area contributed by atoms with E-state index in [-0.39, 0.29) is 6.08 Å². The topological polar surface area (TPSA) is 47.9 Å². The highest BCUT2D eigenvalue weighted by Crippen LogP contribution is 2.34. The lowest BCUT2D eigenvalue weighted by atomic mass is 10.0. The number of hydrogen-bond acceptors (Lipinski definition) is 4. The zero-order valence-corrected chi connectivity index (χ0v) is 9.27. The third-order valence-corrected chi connectivity index (χ3v) is 2.40. The maximum atomic E-state index is 10.9. The first-order chi connectivity index (χ1) is 7.76. The lowest BCUT2D eigenvalue weighted by Gasteiger charge is -2.22. The Morgan fingerprint density at radius 1 is 1.56 bits per heavy atom. The van der Waals surface area contributed by atoms with Crippen LogP contribution < -0.4 is 0 Å². The molecule has 0 N–H and O–H groups in total. The van der Waals surface area contributed by atoms with E-state index in [1.807, 2.05) is 32.0 Å². The molecule has 0 fully saturated rings. The van der Waals surface area contributed by atoms with Gasteiger partial charge in [-0.15, -0.1) is 0 Å². The second-order valence-electron chi connectivity index (χ2n) is 3.50. The third kappa shape index (κ3) is 1.78. The molecular formula is C12H13NO3. The largest absolute Gasteiger partial charge is 0.451 e. The highest BCUT2D eigenvalue weighted by Gasteiger charge is 2.25. The van der Waals surface area contributed by atoms with Crippen LogP contribution >= 0.6 is 0 Å². The minimum atomic E-state index is -0.617. The lowest BCUT2D eigenvalue weighted by Crippen LogP contribution is -2.19. The number of aryl methyl sites for hydroxylation is 1. The van der Waals surface area contributed by atoms with Gasteiger partial charge >= 0.3 is 6.08 Å². The minimum Gasteiger partial charge on any atom is -0.451 e. The molecule has 0 bridgehead atoms. The van der Waals surface area contributed by atoms with Crippen LogP contribution in [-0.2, 0) is 14.3 Å². The van der Waals surface area contributed by atoms with Crippen LogP contribution in [0.1, 0.15) is 24.2 Å². The number of aldehydes is 1. The number of fused-ring (bicyclic) bond motifs is 1. The SMILES string of the molecule is CCOC1=Nc2c(C)cccc2C(C=O)O1. The summed E-state index contributed by atoms with van der Waals surface area (Å²) in [5.74, 6) is 0. The van der Waals surface area contributed by atoms with Crippen molar-refractivity contribution in [2.75, 3.05) is 6.61 Å². The van der Waals surface area contributed by atoms with Gasteiger partial charge in [-0.3, -0.25) is 4.79 Å². The molecule has 0 amide bonds. The summed E-state index contributed by atoms with van der Waals surface area (Å²) in [4.78, 5) is 15.2. The Balaban J connectivity index is 2.48. The van der Waals surface area contributed by atoms with Crippen LogP contribution in [0, 0.1) is 6.92 Å². The number of aliphatic imine (C=N–C) groups is 1. The van der Waals surface area contributed by atoms with Gasteiger partial charge in [-0.05, 0) is 19.4 Å². The maximum Gasteiger partial charge on any atom is 0.389 e. The van der Waals surface area contributed by atoms with E-state index in [2.05, 4.69) is 4.99 Å². The number of ether oxygens (including phenoxy) is 2. The molecule has 1 aliphatic rings. The summed E-state index contributed by atoms with van der Waals surface area (Å²) < 4.78 is 10.5. The van der Waals surface area contributed by atoms with Crippen LogP contribution in [0.3, 0.4) is 0 Å². The van der Waals surface area contributed by atoms with Crippen molar-refractivity contribution in [3.63, 3.8) is 0 Å². The van der Waals surface area contributed by atoms with Gasteiger partial charge in [0.25, 0.3) is 0 Å². The summed E-state index contributed by atoms with van der Waals surface area (Å²) in [6.45, 7) is 4.25. The van der Waals surface area contributed by atoms with Gasteiger partial charge in [0.05, 0.1) is 12.3 Å². The molecule has 0 aromatic heterocycles. The molecule has 0 spiro atoms. The molecule has 0 saturated heterocycles. The standard InChI is InChI=1S/C12H13NO3/c1-3-15-12-13-11-8(2)5-4-6-9(11)10(7-14)16-12/h4-7,10H,3H2,1-2H3. The number of benzene rings is 1. The monoisotopic (exact) mass is 219 g/mol. The molecule has 84 valence electrons. The summed E-state index contributed by atoms with van der Waals surface area (Å²) in [5, 5.41) is 0. The first-order valence-electron chi connectivity index (χ1n) is 5.19. The average Bonchev–Trinajstić information content (AvgIpc) is 2.30. The van der Waals surface area contributed by atoms with E-state index in [0.717, 1.165) is 23.1 Å². The average molecular weight is 219 g/mol. The molecule has 1 unspecified atom stereocenters. The Morgan fingerprint density at radius 3 is 3.06 bits per heavy atom. The second kappa shape index (κ2) is 4.35. The summed E-state index contributed by atoms with van der Waals surface area (Å²) in [7, 11) is 0. The van der Waals surface area contributed by atoms with Crippen LogP contribution in [-0.4, -0.2) is 19.0 Å². The van der Waals surface area contributed by atoms with Crippen LogP contribution in [0.2, 0.25) is 0 Å². The van der Waals surface area contributed by atoms with E-state index >= 15 is 0 Å². The van der Waals surface area contributed by atoms with Crippen molar-refractivity contribution in [2.24, 2.45) is 4.99 Å². The highest BCUT2D eigenvalue weighted by molar-refractivity contribution is 5.81. The normalized spacial score (nSPS) is 18.1. The van der Waals surface area contributed by atoms with E-state index in [0.29, 0.717) is 6.61 Å². The number of rotatable bonds is 2. The Morgan fingerprint density at radius 2 is 2.38 bits per heavy atom. The van der Waals surface area contributed by atoms with Crippen LogP contribution in [0.15, 0.2) is 23.2 Å². The summed E-state index contributed by atoms with van der Waals surface area (Å²) in [6.07, 6.45) is 0.307. The Kier molecular flexibility index (Phi) is 2.90. The smallest absolute Gasteiger partial charge is 0.389 e. The predicted molar refractivity (Wildman–Crippen MR) is 59.8 cm³/mol. The number of hydrogen-bond donors (Lipinski definition) is 0. The predicted octanol–water partition coefficient (Wildman–Crippen LogP) is 2.29. The van der Waals surface area contributed by atoms with E-state index in [1.54, 1.807) is 0 Å². The fourth-order valence-electron chi connectivity index (χ4n) is 1.64. The quantitative estimate of drug-likeness (QED) is 0.717. The second-order valence-corrected chi connectivity index (χ2v) is 3.50. The van der Waals surface area contributed by atoms with Crippen LogP contribution in [0.4, 0.5) is 5.69 Å². The Hall–Kier alpha value is -1.84. The van der Waals surface area contributed by atoms with Crippen molar-refractivity contribution >= 4 is 18.1 Å². The molecule has 1 heterocycles. The molecule has 0 saturated carbocycles. The van der Waals surface area contributed by atoms with Crippen molar-refractivity contribution in [3.05, 3.63) is 29.3 Å². The maximum absolute atomic E-state index is 10.9. The van der Waals surface area contributed by atoms with Crippen molar-refractivity contribution in [2.45, 2.75) is 20.0 Å². The van der Waals surface area contributed by atoms with Crippen molar-refractivity contribution in [1.82, 2.24) is 0 Å². The molecule has 1 aliphatic heterocycles. The number of nitrogens with zero attached hydrogens (tertiary/aromatic N) is 1. The third-order valence-electron chi connectivity index (χ3n) is 2.40. The zero-order chi connectivity index (χ0) is 11.5. The fourth-order valence-corrected chi connectivity index (χ4v) is 1.64. The van der Waals surface area contributed by atoms with Gasteiger partial charge < -0.3 is 9.47 Å². The van der Waals surface area contributed by atoms with Gasteiger partial charge in [-0.25, -0.2) is 0 Å². The Bertz CT molecular complexity index is 440. The van der Waals surface area contributed by atoms with Crippen molar-refractivity contribution in [1.29, 1.82) is 0 Å². The van der Waals surface area contributed by atoms with Crippen LogP contribution in [0.5, 0.6) is 0 Å². The van der Waals surface area contributed by atoms with E-state index in [4.69, 9.17) is 9.47 Å². The molecule has 1 atom stereocenters. The molecule has 2 rings (SSSR count). The molecule has 0 aliphatic carbocycles. The van der Waals surface area contributed by atoms with Crippen molar-refractivity contribution < 1.29 is 14.3 Å². The van der Waals surface area contributed by atoms with Gasteiger partial charge in [0.2, 0.25) is 0 Å². The fraction of sp³-hybridized carbons (Fsp3) is 0.333. The van der Waals surface area contributed by atoms with Gasteiger partial charge in [0.15, 0.2) is 12.4 Å². The molecule has 1 aromatic carbocycles. The summed E-state index contributed by atoms with van der Waals surface area (Å²) >= 11 is 0. The minimum absolute atomic E-state index is 0.168. The Labute approximate surface area is 93.9 Å². The zero-order valence-electron chi connectivity index (χ0n) is 9.27. The molecule has 4 nitrogen and oxygen atoms in total. The summed E-state index contributed by atoms with van der Waals surface area (Å²) in [6, 6.07) is 5.67. The van der Waals surface area contributed by atoms with Crippen LogP contribution in [0.25, 0.3) is 0 Å². The van der Waals surface area contributed by atoms with E-state index in [1.165, 1.54) is 0 Å². The molecule has 0 radical (unpaired) electrons. The number of carbonyl (C=O) groups is 1. The lowest BCUT2D eigenvalue weighted by molar-refractivity contribution is -0.115. The molecule has 1 aromatic rings. The van der Waals surface area contributed by atoms with Gasteiger partial charge in [-0.2, -0.15) is 4.99 Å². The number of carbonyl (C=O) groups excluding carboxylic acids is 1. The highest BCUT2D eigenvalue weighted by atomic mass is 16.7. The first-order valence-corrected chi connectivity index (χ1v) is 5.19. The van der Waals surface area contributed by atoms with E-state index in [9.17, 15) is 4.79 Å². The molecule has 16 heavy (non-hydrogen) atoms. The van der Waals surface area contributed by atoms with Gasteiger partial charge in [0.1, 0.15) is 0 Å². The van der Waals surface area contributed by atoms with Gasteiger partial charge in [-0.1, -0.05) is 18.2 Å². The first kappa shape index (κ1) is 10.7. The van der Waals surface area contributed by atoms with E-state index < -0.39 is 6.10 Å². The van der Waals surface area contributed by atoms with Crippen molar-refractivity contribution in [3.8, 4) is 0 Å². The number of para-hydroxylation sites is 1. The molecule has 4 heteroatoms. The summed E-state index contributed by atoms with van der Waals surface area (Å²) in [5.41, 5.74) is 2.57.